The van der Waals surface area contributed by atoms with Gasteiger partial charge in [0.05, 0.1) is 10.7 Å². The minimum atomic E-state index is -0.209. The number of hydrogen-bond acceptors (Lipinski definition) is 7. The van der Waals surface area contributed by atoms with Crippen LogP contribution < -0.4 is 15.4 Å². The lowest BCUT2D eigenvalue weighted by molar-refractivity contribution is -0.116. The Hall–Kier alpha value is -3.77. The maximum atomic E-state index is 12.3. The number of aromatic nitrogens is 2. The molecular weight excluding hydrogens is 464 g/mol. The topological polar surface area (TPSA) is 117 Å². The van der Waals surface area contributed by atoms with Gasteiger partial charge in [0, 0.05) is 17.8 Å². The van der Waals surface area contributed by atoms with Crippen LogP contribution >= 0.6 is 15.9 Å². The van der Waals surface area contributed by atoms with Crippen molar-refractivity contribution >= 4 is 39.2 Å². The number of benzene rings is 2. The molecule has 9 heteroatoms. The molecule has 1 aromatic heterocycles. The first kappa shape index (κ1) is 21.9. The molecular formula is C22H19BrN4O4. The van der Waals surface area contributed by atoms with E-state index in [1.807, 2.05) is 6.07 Å². The number of ether oxygens (including phenoxy) is 1. The molecule has 3 aromatic rings. The normalized spacial score (nSPS) is 10.2. The SMILES string of the molecule is C#CCOc1nc(Nc2cccc(NC(=O)CCc3ccc(O)c(O)c3)c2)ncc1Br. The highest BCUT2D eigenvalue weighted by Crippen LogP contribution is 2.26. The molecule has 0 atom stereocenters. The molecule has 0 saturated carbocycles. The fourth-order valence-corrected chi connectivity index (χ4v) is 2.94. The zero-order chi connectivity index (χ0) is 22.2. The number of aromatic hydroxyl groups is 2. The third-order valence-electron chi connectivity index (χ3n) is 4.09. The van der Waals surface area contributed by atoms with Crippen molar-refractivity contribution in [2.75, 3.05) is 17.2 Å². The molecule has 4 N–H and O–H groups in total. The Morgan fingerprint density at radius 3 is 2.74 bits per heavy atom. The maximum Gasteiger partial charge on any atom is 0.233 e. The average Bonchev–Trinajstić information content (AvgIpc) is 2.75. The highest BCUT2D eigenvalue weighted by Gasteiger charge is 2.09. The molecule has 158 valence electrons. The van der Waals surface area contributed by atoms with E-state index in [4.69, 9.17) is 11.2 Å². The van der Waals surface area contributed by atoms with Crippen LogP contribution in [0, 0.1) is 12.3 Å². The van der Waals surface area contributed by atoms with E-state index in [0.29, 0.717) is 34.1 Å². The van der Waals surface area contributed by atoms with Crippen LogP contribution in [-0.4, -0.2) is 32.7 Å². The van der Waals surface area contributed by atoms with E-state index in [2.05, 4.69) is 42.5 Å². The molecule has 1 amide bonds. The molecule has 0 spiro atoms. The Kier molecular flexibility index (Phi) is 7.30. The van der Waals surface area contributed by atoms with Crippen molar-refractivity contribution in [2.24, 2.45) is 0 Å². The Bertz CT molecular complexity index is 1130. The van der Waals surface area contributed by atoms with Gasteiger partial charge in [0.1, 0.15) is 0 Å². The minimum Gasteiger partial charge on any atom is -0.504 e. The summed E-state index contributed by atoms with van der Waals surface area (Å²) in [5, 5.41) is 24.8. The van der Waals surface area contributed by atoms with Crippen LogP contribution in [0.15, 0.2) is 53.1 Å². The summed E-state index contributed by atoms with van der Waals surface area (Å²) < 4.78 is 5.94. The smallest absolute Gasteiger partial charge is 0.233 e. The van der Waals surface area contributed by atoms with E-state index in [1.165, 1.54) is 12.1 Å². The molecule has 8 nitrogen and oxygen atoms in total. The van der Waals surface area contributed by atoms with E-state index in [0.717, 1.165) is 5.56 Å². The fourth-order valence-electron chi connectivity index (χ4n) is 2.63. The number of aryl methyl sites for hydroxylation is 1. The lowest BCUT2D eigenvalue weighted by atomic mass is 10.1. The molecule has 3 rings (SSSR count). The van der Waals surface area contributed by atoms with Crippen LogP contribution in [0.5, 0.6) is 17.4 Å². The Balaban J connectivity index is 1.60. The van der Waals surface area contributed by atoms with Crippen molar-refractivity contribution in [1.82, 2.24) is 9.97 Å². The molecule has 0 aliphatic carbocycles. The number of terminal acetylenes is 1. The summed E-state index contributed by atoms with van der Waals surface area (Å²) in [5.74, 6) is 2.42. The number of amides is 1. The molecule has 1 heterocycles. The second-order valence-electron chi connectivity index (χ2n) is 6.42. The predicted molar refractivity (Wildman–Crippen MR) is 121 cm³/mol. The lowest BCUT2D eigenvalue weighted by Crippen LogP contribution is -2.12. The molecule has 0 fully saturated rings. The van der Waals surface area contributed by atoms with Crippen LogP contribution in [0.25, 0.3) is 0 Å². The van der Waals surface area contributed by atoms with Gasteiger partial charge >= 0.3 is 0 Å². The van der Waals surface area contributed by atoms with Gasteiger partial charge in [-0.3, -0.25) is 4.79 Å². The monoisotopic (exact) mass is 482 g/mol. The minimum absolute atomic E-state index is 0.0837. The number of carbonyl (C=O) groups excluding carboxylic acids is 1. The number of halogens is 1. The van der Waals surface area contributed by atoms with Crippen molar-refractivity contribution < 1.29 is 19.7 Å². The Labute approximate surface area is 187 Å². The van der Waals surface area contributed by atoms with Gasteiger partial charge in [-0.1, -0.05) is 18.1 Å². The molecule has 0 aliphatic rings. The first-order valence-electron chi connectivity index (χ1n) is 9.21. The highest BCUT2D eigenvalue weighted by molar-refractivity contribution is 9.10. The number of hydrogen-bond donors (Lipinski definition) is 4. The maximum absolute atomic E-state index is 12.3. The number of anilines is 3. The largest absolute Gasteiger partial charge is 0.504 e. The standard InChI is InChI=1S/C22H19BrN4O4/c1-2-10-31-21-17(23)13-24-22(27-21)26-16-5-3-4-15(12-16)25-20(30)9-7-14-6-8-18(28)19(29)11-14/h1,3-6,8,11-13,28-29H,7,9-10H2,(H,25,30)(H,24,26,27). The fraction of sp³-hybridized carbons (Fsp3) is 0.136. The second kappa shape index (κ2) is 10.3. The van der Waals surface area contributed by atoms with E-state index in [1.54, 1.807) is 30.5 Å². The van der Waals surface area contributed by atoms with Crippen LogP contribution in [0.4, 0.5) is 17.3 Å². The summed E-state index contributed by atoms with van der Waals surface area (Å²) in [4.78, 5) is 20.7. The first-order valence-corrected chi connectivity index (χ1v) is 10.0. The molecule has 31 heavy (non-hydrogen) atoms. The lowest BCUT2D eigenvalue weighted by Gasteiger charge is -2.10. The first-order chi connectivity index (χ1) is 14.9. The summed E-state index contributed by atoms with van der Waals surface area (Å²) >= 11 is 3.30. The summed E-state index contributed by atoms with van der Waals surface area (Å²) in [5.41, 5.74) is 2.02. The van der Waals surface area contributed by atoms with Crippen molar-refractivity contribution in [3.05, 3.63) is 58.7 Å². The van der Waals surface area contributed by atoms with E-state index >= 15 is 0 Å². The number of phenols is 2. The summed E-state index contributed by atoms with van der Waals surface area (Å²) in [6, 6.07) is 11.6. The molecule has 0 radical (unpaired) electrons. The third kappa shape index (κ3) is 6.35. The van der Waals surface area contributed by atoms with Crippen molar-refractivity contribution in [2.45, 2.75) is 12.8 Å². The zero-order valence-electron chi connectivity index (χ0n) is 16.3. The third-order valence-corrected chi connectivity index (χ3v) is 4.63. The Morgan fingerprint density at radius 1 is 1.16 bits per heavy atom. The zero-order valence-corrected chi connectivity index (χ0v) is 17.9. The van der Waals surface area contributed by atoms with Crippen LogP contribution in [0.3, 0.4) is 0 Å². The summed E-state index contributed by atoms with van der Waals surface area (Å²) in [6.07, 6.45) is 7.39. The summed E-state index contributed by atoms with van der Waals surface area (Å²) in [7, 11) is 0. The second-order valence-corrected chi connectivity index (χ2v) is 7.27. The summed E-state index contributed by atoms with van der Waals surface area (Å²) in [6.45, 7) is 0.0837. The molecule has 0 saturated heterocycles. The van der Waals surface area contributed by atoms with E-state index in [-0.39, 0.29) is 30.4 Å². The Morgan fingerprint density at radius 2 is 1.97 bits per heavy atom. The number of nitrogens with one attached hydrogen (secondary N) is 2. The number of carbonyl (C=O) groups is 1. The van der Waals surface area contributed by atoms with Crippen molar-refractivity contribution in [3.63, 3.8) is 0 Å². The van der Waals surface area contributed by atoms with Gasteiger partial charge in [-0.2, -0.15) is 4.98 Å². The number of phenolic OH excluding ortho intramolecular Hbond substituents is 2. The quantitative estimate of drug-likeness (QED) is 0.283. The van der Waals surface area contributed by atoms with Crippen LogP contribution in [0.1, 0.15) is 12.0 Å². The van der Waals surface area contributed by atoms with Gasteiger partial charge in [-0.15, -0.1) is 6.42 Å². The molecule has 2 aromatic carbocycles. The van der Waals surface area contributed by atoms with Crippen molar-refractivity contribution in [3.8, 4) is 29.7 Å². The van der Waals surface area contributed by atoms with Gasteiger partial charge in [-0.05, 0) is 58.2 Å². The molecule has 0 aliphatic heterocycles. The van der Waals surface area contributed by atoms with Gasteiger partial charge in [-0.25, -0.2) is 4.98 Å². The van der Waals surface area contributed by atoms with E-state index in [9.17, 15) is 15.0 Å². The van der Waals surface area contributed by atoms with E-state index < -0.39 is 0 Å². The highest BCUT2D eigenvalue weighted by atomic mass is 79.9. The van der Waals surface area contributed by atoms with Crippen LogP contribution in [-0.2, 0) is 11.2 Å². The van der Waals surface area contributed by atoms with Gasteiger partial charge < -0.3 is 25.6 Å². The van der Waals surface area contributed by atoms with Gasteiger partial charge in [0.2, 0.25) is 17.7 Å². The average molecular weight is 483 g/mol. The van der Waals surface area contributed by atoms with Gasteiger partial charge in [0.15, 0.2) is 18.1 Å². The van der Waals surface area contributed by atoms with Crippen molar-refractivity contribution in [1.29, 1.82) is 0 Å². The van der Waals surface area contributed by atoms with Crippen LogP contribution in [0.2, 0.25) is 0 Å². The van der Waals surface area contributed by atoms with Gasteiger partial charge in [0.25, 0.3) is 0 Å². The predicted octanol–water partition coefficient (Wildman–Crippen LogP) is 3.98. The number of nitrogens with zero attached hydrogens (tertiary/aromatic N) is 2. The number of rotatable bonds is 8. The molecule has 0 unspecified atom stereocenters. The molecule has 0 bridgehead atoms.